The van der Waals surface area contributed by atoms with E-state index in [2.05, 4.69) is 38.2 Å². The van der Waals surface area contributed by atoms with Gasteiger partial charge < -0.3 is 14.8 Å². The normalized spacial score (nSPS) is 11.1. The molecule has 0 saturated carbocycles. The molecule has 0 aliphatic carbocycles. The van der Waals surface area contributed by atoms with E-state index in [4.69, 9.17) is 21.1 Å². The fraction of sp³-hybridized carbons (Fsp3) is 0.269. The molecule has 0 atom stereocenters. The Bertz CT molecular complexity index is 1020. The van der Waals surface area contributed by atoms with Crippen LogP contribution in [0.4, 0.5) is 0 Å². The summed E-state index contributed by atoms with van der Waals surface area (Å²) in [5, 5.41) is 3.60. The lowest BCUT2D eigenvalue weighted by Gasteiger charge is -2.19. The van der Waals surface area contributed by atoms with Gasteiger partial charge in [0, 0.05) is 22.7 Å². The lowest BCUT2D eigenvalue weighted by atomic mass is 9.87. The fourth-order valence-electron chi connectivity index (χ4n) is 3.13. The van der Waals surface area contributed by atoms with E-state index in [-0.39, 0.29) is 11.3 Å². The number of carbonyl (C=O) groups excluding carboxylic acids is 1. The molecule has 0 unspecified atom stereocenters. The standard InChI is InChI=1S/C26H28ClNO3/c1-26(2,3)21-8-12-23(13-9-21)31-17-20-15-19(7-14-24(20)30-4)25(29)28-16-18-5-10-22(27)11-6-18/h5-15H,16-17H2,1-4H3,(H,28,29). The number of hydrogen-bond donors (Lipinski definition) is 1. The van der Waals surface area contributed by atoms with Crippen molar-refractivity contribution in [2.45, 2.75) is 39.3 Å². The maximum atomic E-state index is 12.6. The highest BCUT2D eigenvalue weighted by atomic mass is 35.5. The van der Waals surface area contributed by atoms with Crippen LogP contribution in [0.15, 0.2) is 66.7 Å². The minimum absolute atomic E-state index is 0.0927. The van der Waals surface area contributed by atoms with Gasteiger partial charge in [-0.2, -0.15) is 0 Å². The zero-order valence-corrected chi connectivity index (χ0v) is 19.1. The lowest BCUT2D eigenvalue weighted by molar-refractivity contribution is 0.0950. The molecule has 5 heteroatoms. The summed E-state index contributed by atoms with van der Waals surface area (Å²) in [4.78, 5) is 12.6. The Balaban J connectivity index is 1.66. The van der Waals surface area contributed by atoms with Crippen LogP contribution >= 0.6 is 11.6 Å². The van der Waals surface area contributed by atoms with Crippen LogP contribution in [0, 0.1) is 0 Å². The van der Waals surface area contributed by atoms with Gasteiger partial charge in [-0.1, -0.05) is 56.6 Å². The third-order valence-electron chi connectivity index (χ3n) is 5.02. The van der Waals surface area contributed by atoms with Crippen LogP contribution in [0.5, 0.6) is 11.5 Å². The molecule has 0 aromatic heterocycles. The summed E-state index contributed by atoms with van der Waals surface area (Å²) in [6.45, 7) is 7.26. The summed E-state index contributed by atoms with van der Waals surface area (Å²) in [6, 6.07) is 20.8. The van der Waals surface area contributed by atoms with Crippen molar-refractivity contribution in [3.05, 3.63) is 94.0 Å². The minimum Gasteiger partial charge on any atom is -0.496 e. The molecule has 0 radical (unpaired) electrons. The van der Waals surface area contributed by atoms with Crippen molar-refractivity contribution in [2.75, 3.05) is 7.11 Å². The van der Waals surface area contributed by atoms with Crippen LogP contribution in [-0.2, 0) is 18.6 Å². The minimum atomic E-state index is -0.159. The summed E-state index contributed by atoms with van der Waals surface area (Å²) in [5.41, 5.74) is 3.68. The van der Waals surface area contributed by atoms with Crippen molar-refractivity contribution in [2.24, 2.45) is 0 Å². The monoisotopic (exact) mass is 437 g/mol. The molecule has 3 aromatic rings. The summed E-state index contributed by atoms with van der Waals surface area (Å²) in [5.74, 6) is 1.29. The van der Waals surface area contributed by atoms with E-state index >= 15 is 0 Å². The average molecular weight is 438 g/mol. The fourth-order valence-corrected chi connectivity index (χ4v) is 3.26. The van der Waals surface area contributed by atoms with Gasteiger partial charge in [0.25, 0.3) is 5.91 Å². The third kappa shape index (κ3) is 6.25. The van der Waals surface area contributed by atoms with Crippen LogP contribution in [0.25, 0.3) is 0 Å². The molecule has 1 amide bonds. The van der Waals surface area contributed by atoms with Crippen molar-refractivity contribution in [3.63, 3.8) is 0 Å². The largest absolute Gasteiger partial charge is 0.496 e. The van der Waals surface area contributed by atoms with Gasteiger partial charge in [0.05, 0.1) is 7.11 Å². The van der Waals surface area contributed by atoms with Gasteiger partial charge >= 0.3 is 0 Å². The second-order valence-corrected chi connectivity index (χ2v) is 8.84. The van der Waals surface area contributed by atoms with E-state index in [1.807, 2.05) is 24.3 Å². The van der Waals surface area contributed by atoms with Gasteiger partial charge in [-0.05, 0) is 59.0 Å². The smallest absolute Gasteiger partial charge is 0.251 e. The topological polar surface area (TPSA) is 47.6 Å². The Morgan fingerprint density at radius 1 is 0.968 bits per heavy atom. The molecule has 162 valence electrons. The molecule has 0 heterocycles. The number of benzene rings is 3. The molecule has 31 heavy (non-hydrogen) atoms. The second-order valence-electron chi connectivity index (χ2n) is 8.40. The van der Waals surface area contributed by atoms with Gasteiger partial charge in [-0.15, -0.1) is 0 Å². The molecular formula is C26H28ClNO3. The van der Waals surface area contributed by atoms with Crippen molar-refractivity contribution in [1.82, 2.24) is 5.32 Å². The third-order valence-corrected chi connectivity index (χ3v) is 5.28. The van der Waals surface area contributed by atoms with Gasteiger partial charge in [0.2, 0.25) is 0 Å². The summed E-state index contributed by atoms with van der Waals surface area (Å²) < 4.78 is 11.4. The first-order chi connectivity index (χ1) is 14.8. The van der Waals surface area contributed by atoms with Crippen molar-refractivity contribution >= 4 is 17.5 Å². The van der Waals surface area contributed by atoms with Crippen LogP contribution in [0.3, 0.4) is 0 Å². The highest BCUT2D eigenvalue weighted by Crippen LogP contribution is 2.26. The Hall–Kier alpha value is -2.98. The molecule has 0 bridgehead atoms. The van der Waals surface area contributed by atoms with Crippen molar-refractivity contribution in [3.8, 4) is 11.5 Å². The summed E-state index contributed by atoms with van der Waals surface area (Å²) >= 11 is 5.91. The number of methoxy groups -OCH3 is 1. The molecule has 0 saturated heterocycles. The molecule has 3 rings (SSSR count). The Labute approximate surface area is 189 Å². The summed E-state index contributed by atoms with van der Waals surface area (Å²) in [7, 11) is 1.61. The van der Waals surface area contributed by atoms with Crippen LogP contribution in [0.2, 0.25) is 5.02 Å². The SMILES string of the molecule is COc1ccc(C(=O)NCc2ccc(Cl)cc2)cc1COc1ccc(C(C)(C)C)cc1. The van der Waals surface area contributed by atoms with E-state index in [0.717, 1.165) is 16.9 Å². The molecule has 0 spiro atoms. The van der Waals surface area contributed by atoms with Gasteiger partial charge in [0.15, 0.2) is 0 Å². The highest BCUT2D eigenvalue weighted by Gasteiger charge is 2.14. The molecule has 0 fully saturated rings. The molecule has 0 aliphatic rings. The first-order valence-corrected chi connectivity index (χ1v) is 10.6. The number of halogens is 1. The average Bonchev–Trinajstić information content (AvgIpc) is 2.76. The first-order valence-electron chi connectivity index (χ1n) is 10.2. The number of hydrogen-bond acceptors (Lipinski definition) is 3. The van der Waals surface area contributed by atoms with Crippen LogP contribution < -0.4 is 14.8 Å². The predicted molar refractivity (Wildman–Crippen MR) is 125 cm³/mol. The first kappa shape index (κ1) is 22.7. The van der Waals surface area contributed by atoms with Crippen LogP contribution in [-0.4, -0.2) is 13.0 Å². The zero-order valence-electron chi connectivity index (χ0n) is 18.4. The second kappa shape index (κ2) is 9.88. The van der Waals surface area contributed by atoms with E-state index in [1.165, 1.54) is 5.56 Å². The number of ether oxygens (including phenoxy) is 2. The van der Waals surface area contributed by atoms with E-state index in [0.29, 0.717) is 29.5 Å². The van der Waals surface area contributed by atoms with E-state index < -0.39 is 0 Å². The van der Waals surface area contributed by atoms with Crippen LogP contribution in [0.1, 0.15) is 47.8 Å². The molecule has 1 N–H and O–H groups in total. The predicted octanol–water partition coefficient (Wildman–Crippen LogP) is 6.16. The number of amides is 1. The number of nitrogens with one attached hydrogen (secondary N) is 1. The number of rotatable bonds is 7. The highest BCUT2D eigenvalue weighted by molar-refractivity contribution is 6.30. The number of carbonyl (C=O) groups is 1. The molecular weight excluding hydrogens is 410 g/mol. The van der Waals surface area contributed by atoms with Gasteiger partial charge in [0.1, 0.15) is 18.1 Å². The Morgan fingerprint density at radius 3 is 2.26 bits per heavy atom. The Morgan fingerprint density at radius 2 is 1.65 bits per heavy atom. The molecule has 3 aromatic carbocycles. The van der Waals surface area contributed by atoms with Crippen molar-refractivity contribution < 1.29 is 14.3 Å². The lowest BCUT2D eigenvalue weighted by Crippen LogP contribution is -2.23. The maximum absolute atomic E-state index is 12.6. The Kier molecular flexibility index (Phi) is 7.24. The molecule has 4 nitrogen and oxygen atoms in total. The molecule has 0 aliphatic heterocycles. The van der Waals surface area contributed by atoms with Gasteiger partial charge in [-0.3, -0.25) is 4.79 Å². The summed E-state index contributed by atoms with van der Waals surface area (Å²) in [6.07, 6.45) is 0. The maximum Gasteiger partial charge on any atom is 0.251 e. The zero-order chi connectivity index (χ0) is 22.4. The quantitative estimate of drug-likeness (QED) is 0.481. The van der Waals surface area contributed by atoms with Crippen molar-refractivity contribution in [1.29, 1.82) is 0 Å². The van der Waals surface area contributed by atoms with Gasteiger partial charge in [-0.25, -0.2) is 0 Å². The van der Waals surface area contributed by atoms with E-state index in [1.54, 1.807) is 37.4 Å². The van der Waals surface area contributed by atoms with E-state index in [9.17, 15) is 4.79 Å².